The molecule has 8 nitrogen and oxygen atoms in total. The molecule has 2 amide bonds. The summed E-state index contributed by atoms with van der Waals surface area (Å²) in [6, 6.07) is 9.49. The van der Waals surface area contributed by atoms with Crippen molar-refractivity contribution >= 4 is 17.8 Å². The fourth-order valence-electron chi connectivity index (χ4n) is 3.10. The second kappa shape index (κ2) is 9.68. The zero-order valence-electron chi connectivity index (χ0n) is 16.0. The molecule has 1 fully saturated rings. The number of amides is 2. The Kier molecular flexibility index (Phi) is 6.78. The highest BCUT2D eigenvalue weighted by atomic mass is 16.5. The maximum atomic E-state index is 12.4. The molecule has 1 aromatic carbocycles. The summed E-state index contributed by atoms with van der Waals surface area (Å²) in [6.45, 7) is 2.93. The first kappa shape index (κ1) is 19.6. The topological polar surface area (TPSA) is 87.7 Å². The molecule has 148 valence electrons. The van der Waals surface area contributed by atoms with Gasteiger partial charge in [0.05, 0.1) is 7.11 Å². The standard InChI is InChI=1S/C20H25N5O3/c1-28-17-5-2-4-16(14-17)6-9-21-18(26)15-19(27)24-10-12-25(13-11-24)20-22-7-3-8-23-20/h2-5,7-8,14H,6,9-13,15H2,1H3,(H,21,26). The lowest BCUT2D eigenvalue weighted by Gasteiger charge is -2.34. The van der Waals surface area contributed by atoms with Crippen LogP contribution in [0.2, 0.25) is 0 Å². The van der Waals surface area contributed by atoms with E-state index in [-0.39, 0.29) is 18.2 Å². The molecule has 0 radical (unpaired) electrons. The normalized spacial score (nSPS) is 13.9. The summed E-state index contributed by atoms with van der Waals surface area (Å²) >= 11 is 0. The maximum Gasteiger partial charge on any atom is 0.232 e. The van der Waals surface area contributed by atoms with Crippen molar-refractivity contribution in [3.05, 3.63) is 48.3 Å². The lowest BCUT2D eigenvalue weighted by atomic mass is 10.1. The summed E-state index contributed by atoms with van der Waals surface area (Å²) in [5, 5.41) is 2.82. The van der Waals surface area contributed by atoms with E-state index < -0.39 is 0 Å². The Hall–Kier alpha value is -3.16. The van der Waals surface area contributed by atoms with Crippen molar-refractivity contribution < 1.29 is 14.3 Å². The monoisotopic (exact) mass is 383 g/mol. The molecule has 1 aliphatic heterocycles. The molecule has 2 heterocycles. The number of ether oxygens (including phenoxy) is 1. The van der Waals surface area contributed by atoms with Gasteiger partial charge in [0.2, 0.25) is 17.8 Å². The van der Waals surface area contributed by atoms with Gasteiger partial charge in [-0.25, -0.2) is 9.97 Å². The van der Waals surface area contributed by atoms with Gasteiger partial charge in [-0.3, -0.25) is 9.59 Å². The molecular weight excluding hydrogens is 358 g/mol. The average Bonchev–Trinajstić information content (AvgIpc) is 2.74. The predicted molar refractivity (Wildman–Crippen MR) is 105 cm³/mol. The SMILES string of the molecule is COc1cccc(CCNC(=O)CC(=O)N2CCN(c3ncccn3)CC2)c1. The van der Waals surface area contributed by atoms with Crippen molar-refractivity contribution in [2.45, 2.75) is 12.8 Å². The number of carbonyl (C=O) groups is 2. The van der Waals surface area contributed by atoms with Gasteiger partial charge >= 0.3 is 0 Å². The Labute approximate surface area is 164 Å². The number of nitrogens with one attached hydrogen (secondary N) is 1. The summed E-state index contributed by atoms with van der Waals surface area (Å²) in [6.07, 6.45) is 3.97. The van der Waals surface area contributed by atoms with Crippen LogP contribution in [0, 0.1) is 0 Å². The van der Waals surface area contributed by atoms with Crippen LogP contribution in [0.3, 0.4) is 0 Å². The third-order valence-electron chi connectivity index (χ3n) is 4.65. The number of nitrogens with zero attached hydrogens (tertiary/aromatic N) is 4. The van der Waals surface area contributed by atoms with E-state index in [1.807, 2.05) is 29.2 Å². The van der Waals surface area contributed by atoms with E-state index in [0.717, 1.165) is 11.3 Å². The smallest absolute Gasteiger partial charge is 0.232 e. The summed E-state index contributed by atoms with van der Waals surface area (Å²) < 4.78 is 5.19. The van der Waals surface area contributed by atoms with Gasteiger partial charge in [0.1, 0.15) is 12.2 Å². The molecule has 1 aromatic heterocycles. The molecule has 0 aliphatic carbocycles. The van der Waals surface area contributed by atoms with Crippen molar-refractivity contribution in [2.75, 3.05) is 44.7 Å². The number of piperazine rings is 1. The van der Waals surface area contributed by atoms with E-state index in [1.165, 1.54) is 0 Å². The highest BCUT2D eigenvalue weighted by molar-refractivity contribution is 5.96. The third kappa shape index (κ3) is 5.42. The van der Waals surface area contributed by atoms with Crippen LogP contribution in [0.1, 0.15) is 12.0 Å². The number of rotatable bonds is 7. The van der Waals surface area contributed by atoms with Crippen LogP contribution >= 0.6 is 0 Å². The van der Waals surface area contributed by atoms with E-state index in [1.54, 1.807) is 30.5 Å². The number of hydrogen-bond donors (Lipinski definition) is 1. The number of carbonyl (C=O) groups excluding carboxylic acids is 2. The largest absolute Gasteiger partial charge is 0.497 e. The van der Waals surface area contributed by atoms with Crippen molar-refractivity contribution in [2.24, 2.45) is 0 Å². The van der Waals surface area contributed by atoms with Crippen LogP contribution in [0.5, 0.6) is 5.75 Å². The van der Waals surface area contributed by atoms with E-state index in [2.05, 4.69) is 15.3 Å². The molecule has 2 aromatic rings. The van der Waals surface area contributed by atoms with Crippen molar-refractivity contribution in [3.8, 4) is 5.75 Å². The first-order chi connectivity index (χ1) is 13.7. The minimum atomic E-state index is -0.248. The van der Waals surface area contributed by atoms with Crippen LogP contribution < -0.4 is 15.0 Å². The second-order valence-electron chi connectivity index (χ2n) is 6.54. The first-order valence-electron chi connectivity index (χ1n) is 9.35. The lowest BCUT2D eigenvalue weighted by Crippen LogP contribution is -2.50. The Balaban J connectivity index is 1.38. The van der Waals surface area contributed by atoms with Crippen molar-refractivity contribution in [3.63, 3.8) is 0 Å². The molecule has 0 spiro atoms. The average molecular weight is 383 g/mol. The van der Waals surface area contributed by atoms with Crippen LogP contribution in [0.4, 0.5) is 5.95 Å². The molecule has 0 unspecified atom stereocenters. The van der Waals surface area contributed by atoms with E-state index in [0.29, 0.717) is 45.1 Å². The highest BCUT2D eigenvalue weighted by Gasteiger charge is 2.23. The van der Waals surface area contributed by atoms with Gasteiger partial charge in [-0.1, -0.05) is 12.1 Å². The van der Waals surface area contributed by atoms with Gasteiger partial charge in [-0.05, 0) is 30.2 Å². The molecule has 28 heavy (non-hydrogen) atoms. The Morgan fingerprint density at radius 2 is 1.86 bits per heavy atom. The van der Waals surface area contributed by atoms with Crippen LogP contribution in [-0.4, -0.2) is 66.5 Å². The van der Waals surface area contributed by atoms with Crippen LogP contribution in [-0.2, 0) is 16.0 Å². The minimum Gasteiger partial charge on any atom is -0.497 e. The zero-order chi connectivity index (χ0) is 19.8. The molecule has 1 aliphatic rings. The van der Waals surface area contributed by atoms with Gasteiger partial charge < -0.3 is 19.9 Å². The van der Waals surface area contributed by atoms with E-state index in [4.69, 9.17) is 4.74 Å². The molecule has 0 atom stereocenters. The number of anilines is 1. The van der Waals surface area contributed by atoms with Gasteiger partial charge in [0.15, 0.2) is 0 Å². The third-order valence-corrected chi connectivity index (χ3v) is 4.65. The number of aromatic nitrogens is 2. The molecule has 1 N–H and O–H groups in total. The van der Waals surface area contributed by atoms with Gasteiger partial charge in [-0.2, -0.15) is 0 Å². The molecular formula is C20H25N5O3. The number of methoxy groups -OCH3 is 1. The van der Waals surface area contributed by atoms with Gasteiger partial charge in [0.25, 0.3) is 0 Å². The Bertz CT molecular complexity index is 791. The maximum absolute atomic E-state index is 12.4. The van der Waals surface area contributed by atoms with E-state index in [9.17, 15) is 9.59 Å². The van der Waals surface area contributed by atoms with Gasteiger partial charge in [0, 0.05) is 45.1 Å². The Morgan fingerprint density at radius 3 is 2.57 bits per heavy atom. The molecule has 3 rings (SSSR count). The predicted octanol–water partition coefficient (Wildman–Crippen LogP) is 0.883. The van der Waals surface area contributed by atoms with Crippen molar-refractivity contribution in [1.29, 1.82) is 0 Å². The molecule has 0 saturated carbocycles. The van der Waals surface area contributed by atoms with Crippen LogP contribution in [0.25, 0.3) is 0 Å². The lowest BCUT2D eigenvalue weighted by molar-refractivity contribution is -0.136. The first-order valence-corrected chi connectivity index (χ1v) is 9.35. The fourth-order valence-corrected chi connectivity index (χ4v) is 3.10. The van der Waals surface area contributed by atoms with E-state index >= 15 is 0 Å². The minimum absolute atomic E-state index is 0.125. The number of hydrogen-bond acceptors (Lipinski definition) is 6. The summed E-state index contributed by atoms with van der Waals surface area (Å²) in [5.74, 6) is 1.07. The zero-order valence-corrected chi connectivity index (χ0v) is 16.0. The highest BCUT2D eigenvalue weighted by Crippen LogP contribution is 2.13. The Morgan fingerprint density at radius 1 is 1.11 bits per heavy atom. The molecule has 0 bridgehead atoms. The fraction of sp³-hybridized carbons (Fsp3) is 0.400. The summed E-state index contributed by atoms with van der Waals surface area (Å²) in [4.78, 5) is 36.7. The van der Waals surface area contributed by atoms with Gasteiger partial charge in [-0.15, -0.1) is 0 Å². The summed E-state index contributed by atoms with van der Waals surface area (Å²) in [5.41, 5.74) is 1.07. The molecule has 1 saturated heterocycles. The summed E-state index contributed by atoms with van der Waals surface area (Å²) in [7, 11) is 1.62. The quantitative estimate of drug-likeness (QED) is 0.715. The second-order valence-corrected chi connectivity index (χ2v) is 6.54. The number of benzene rings is 1. The van der Waals surface area contributed by atoms with Crippen molar-refractivity contribution in [1.82, 2.24) is 20.2 Å². The van der Waals surface area contributed by atoms with Crippen LogP contribution in [0.15, 0.2) is 42.7 Å². The molecule has 8 heteroatoms.